The Balaban J connectivity index is 2.68. The van der Waals surface area contributed by atoms with Crippen molar-refractivity contribution >= 4 is 11.8 Å². The Morgan fingerprint density at radius 2 is 2.54 bits per heavy atom. The van der Waals surface area contributed by atoms with Gasteiger partial charge in [-0.2, -0.15) is 0 Å². The third-order valence-corrected chi connectivity index (χ3v) is 1.31. The van der Waals surface area contributed by atoms with Gasteiger partial charge in [0.2, 0.25) is 0 Å². The van der Waals surface area contributed by atoms with Crippen LogP contribution in [0.4, 0.5) is 10.5 Å². The van der Waals surface area contributed by atoms with Gasteiger partial charge in [-0.15, -0.1) is 0 Å². The summed E-state index contributed by atoms with van der Waals surface area (Å²) < 4.78 is 4.50. The molecular formula is C8H9N2O3-. The summed E-state index contributed by atoms with van der Waals surface area (Å²) in [5.74, 6) is 0. The summed E-state index contributed by atoms with van der Waals surface area (Å²) >= 11 is 0. The van der Waals surface area contributed by atoms with E-state index < -0.39 is 6.09 Å². The topological polar surface area (TPSA) is 65.5 Å². The molecule has 0 aliphatic heterocycles. The molecule has 1 aromatic heterocycles. The quantitative estimate of drug-likeness (QED) is 0.649. The highest BCUT2D eigenvalue weighted by molar-refractivity contribution is 5.87. The van der Waals surface area contributed by atoms with E-state index in [0.717, 1.165) is 0 Å². The molecule has 0 atom stereocenters. The molecule has 13 heavy (non-hydrogen) atoms. The molecule has 0 bridgehead atoms. The predicted octanol–water partition coefficient (Wildman–Crippen LogP) is 1.54. The number of hydroxylamine groups is 1. The van der Waals surface area contributed by atoms with Crippen molar-refractivity contribution in [1.29, 1.82) is 0 Å². The van der Waals surface area contributed by atoms with Gasteiger partial charge in [-0.05, 0) is 19.1 Å². The number of aromatic nitrogens is 1. The molecule has 1 heterocycles. The molecule has 0 saturated heterocycles. The van der Waals surface area contributed by atoms with Crippen LogP contribution in [0.15, 0.2) is 24.5 Å². The molecule has 5 heteroatoms. The fourth-order valence-electron chi connectivity index (χ4n) is 0.761. The molecule has 1 amide bonds. The van der Waals surface area contributed by atoms with Crippen molar-refractivity contribution in [3.05, 3.63) is 29.7 Å². The van der Waals surface area contributed by atoms with E-state index in [0.29, 0.717) is 0 Å². The van der Waals surface area contributed by atoms with Gasteiger partial charge in [0, 0.05) is 12.4 Å². The number of hydrogen-bond acceptors (Lipinski definition) is 4. The molecule has 1 aromatic rings. The maximum atomic E-state index is 11.1. The van der Waals surface area contributed by atoms with Crippen LogP contribution in [0, 0.1) is 5.21 Å². The molecule has 0 N–H and O–H groups in total. The highest BCUT2D eigenvalue weighted by Crippen LogP contribution is 2.10. The zero-order valence-electron chi connectivity index (χ0n) is 7.14. The molecule has 0 saturated carbocycles. The van der Waals surface area contributed by atoms with Crippen molar-refractivity contribution in [1.82, 2.24) is 4.98 Å². The molecule has 0 spiro atoms. The van der Waals surface area contributed by atoms with Crippen LogP contribution in [-0.2, 0) is 4.74 Å². The Morgan fingerprint density at radius 3 is 3.08 bits per heavy atom. The van der Waals surface area contributed by atoms with Crippen LogP contribution in [0.5, 0.6) is 0 Å². The average molecular weight is 181 g/mol. The number of rotatable bonds is 2. The van der Waals surface area contributed by atoms with Crippen molar-refractivity contribution in [2.75, 3.05) is 11.7 Å². The molecule has 0 fully saturated rings. The highest BCUT2D eigenvalue weighted by Gasteiger charge is 2.05. The lowest BCUT2D eigenvalue weighted by molar-refractivity contribution is 0.162. The number of pyridine rings is 1. The summed E-state index contributed by atoms with van der Waals surface area (Å²) in [6.07, 6.45) is 1.89. The van der Waals surface area contributed by atoms with Gasteiger partial charge >= 0.3 is 6.09 Å². The molecule has 0 unspecified atom stereocenters. The summed E-state index contributed by atoms with van der Waals surface area (Å²) in [6.45, 7) is 1.81. The van der Waals surface area contributed by atoms with Gasteiger partial charge in [-0.1, -0.05) is 0 Å². The number of anilines is 1. The van der Waals surface area contributed by atoms with Gasteiger partial charge in [0.15, 0.2) is 0 Å². The molecular weight excluding hydrogens is 172 g/mol. The summed E-state index contributed by atoms with van der Waals surface area (Å²) in [5, 5.41) is 11.3. The van der Waals surface area contributed by atoms with Gasteiger partial charge in [-0.3, -0.25) is 4.98 Å². The van der Waals surface area contributed by atoms with E-state index in [9.17, 15) is 10.0 Å². The first-order valence-corrected chi connectivity index (χ1v) is 3.79. The number of amides is 1. The Morgan fingerprint density at radius 1 is 1.77 bits per heavy atom. The molecule has 0 aliphatic carbocycles. The molecule has 0 aliphatic rings. The SMILES string of the molecule is CCOC(=O)N([O-])c1cccnc1. The smallest absolute Gasteiger partial charge is 0.403 e. The third kappa shape index (κ3) is 2.41. The molecule has 1 rings (SSSR count). The van der Waals surface area contributed by atoms with Crippen molar-refractivity contribution in [2.45, 2.75) is 6.92 Å². The number of carbonyl (C=O) groups excluding carboxylic acids is 1. The van der Waals surface area contributed by atoms with Crippen LogP contribution in [0.3, 0.4) is 0 Å². The second kappa shape index (κ2) is 4.42. The summed E-state index contributed by atoms with van der Waals surface area (Å²) in [5.41, 5.74) is 0.168. The third-order valence-electron chi connectivity index (χ3n) is 1.31. The van der Waals surface area contributed by atoms with Crippen molar-refractivity contribution < 1.29 is 9.53 Å². The fourth-order valence-corrected chi connectivity index (χ4v) is 0.761. The highest BCUT2D eigenvalue weighted by atomic mass is 16.6. The maximum absolute atomic E-state index is 11.1. The Labute approximate surface area is 75.5 Å². The van der Waals surface area contributed by atoms with Crippen LogP contribution < -0.4 is 5.06 Å². The monoisotopic (exact) mass is 181 g/mol. The molecule has 0 aromatic carbocycles. The lowest BCUT2D eigenvalue weighted by Gasteiger charge is -2.26. The van der Waals surface area contributed by atoms with Crippen LogP contribution in [0.2, 0.25) is 0 Å². The summed E-state index contributed by atoms with van der Waals surface area (Å²) in [6, 6.07) is 3.05. The summed E-state index contributed by atoms with van der Waals surface area (Å²) in [4.78, 5) is 14.6. The normalized spacial score (nSPS) is 9.38. The lowest BCUT2D eigenvalue weighted by Crippen LogP contribution is -2.25. The van der Waals surface area contributed by atoms with E-state index in [2.05, 4.69) is 9.72 Å². The van der Waals surface area contributed by atoms with Gasteiger partial charge < -0.3 is 15.0 Å². The number of nitrogens with zero attached hydrogens (tertiary/aromatic N) is 2. The van der Waals surface area contributed by atoms with Gasteiger partial charge in [-0.25, -0.2) is 4.79 Å². The second-order valence-corrected chi connectivity index (χ2v) is 2.20. The average Bonchev–Trinajstić information content (AvgIpc) is 2.18. The molecule has 0 radical (unpaired) electrons. The van der Waals surface area contributed by atoms with Gasteiger partial charge in [0.1, 0.15) is 0 Å². The number of carbonyl (C=O) groups is 1. The Bertz CT molecular complexity index is 276. The standard InChI is InChI=1S/C8H9N2O3/c1-2-13-8(11)10(12)7-4-3-5-9-6-7/h3-6H,2H2,1H3/q-1. The van der Waals surface area contributed by atoms with E-state index >= 15 is 0 Å². The van der Waals surface area contributed by atoms with E-state index in [1.165, 1.54) is 18.5 Å². The van der Waals surface area contributed by atoms with Crippen molar-refractivity contribution in [3.8, 4) is 0 Å². The van der Waals surface area contributed by atoms with Gasteiger partial charge in [0.25, 0.3) is 0 Å². The maximum Gasteiger partial charge on any atom is 0.403 e. The van der Waals surface area contributed by atoms with Crippen molar-refractivity contribution in [3.63, 3.8) is 0 Å². The van der Waals surface area contributed by atoms with Crippen molar-refractivity contribution in [2.24, 2.45) is 0 Å². The zero-order valence-corrected chi connectivity index (χ0v) is 7.14. The molecule has 70 valence electrons. The Hall–Kier alpha value is -1.62. The predicted molar refractivity (Wildman–Crippen MR) is 47.1 cm³/mol. The fraction of sp³-hybridized carbons (Fsp3) is 0.250. The Kier molecular flexibility index (Phi) is 3.22. The first-order valence-electron chi connectivity index (χ1n) is 3.79. The second-order valence-electron chi connectivity index (χ2n) is 2.20. The van der Waals surface area contributed by atoms with Gasteiger partial charge in [0.05, 0.1) is 12.3 Å². The van der Waals surface area contributed by atoms with E-state index in [-0.39, 0.29) is 17.4 Å². The van der Waals surface area contributed by atoms with E-state index in [1.54, 1.807) is 13.0 Å². The van der Waals surface area contributed by atoms with E-state index in [1.807, 2.05) is 0 Å². The number of ether oxygens (including phenoxy) is 1. The summed E-state index contributed by atoms with van der Waals surface area (Å²) in [7, 11) is 0. The van der Waals surface area contributed by atoms with Crippen LogP contribution in [-0.4, -0.2) is 17.7 Å². The first-order chi connectivity index (χ1) is 6.25. The van der Waals surface area contributed by atoms with Crippen LogP contribution >= 0.6 is 0 Å². The lowest BCUT2D eigenvalue weighted by atomic mass is 10.4. The van der Waals surface area contributed by atoms with Crippen LogP contribution in [0.1, 0.15) is 6.92 Å². The van der Waals surface area contributed by atoms with E-state index in [4.69, 9.17) is 0 Å². The molecule has 5 nitrogen and oxygen atoms in total. The minimum absolute atomic E-state index is 0.163. The minimum Gasteiger partial charge on any atom is -0.749 e. The first kappa shape index (κ1) is 9.47. The zero-order chi connectivity index (χ0) is 9.68. The largest absolute Gasteiger partial charge is 0.749 e. The number of hydrogen-bond donors (Lipinski definition) is 0. The van der Waals surface area contributed by atoms with Crippen LogP contribution in [0.25, 0.3) is 0 Å². The minimum atomic E-state index is -0.921.